The summed E-state index contributed by atoms with van der Waals surface area (Å²) in [6, 6.07) is 8.25. The number of carbonyl (C=O) groups is 1. The number of likely N-dealkylation sites (tertiary alicyclic amines) is 1. The fraction of sp³-hybridized carbons (Fsp3) is 0.417. The highest BCUT2D eigenvalue weighted by atomic mass is 127. The molecule has 0 unspecified atom stereocenters. The lowest BCUT2D eigenvalue weighted by Gasteiger charge is -2.42. The van der Waals surface area contributed by atoms with Crippen LogP contribution in [0.2, 0.25) is 0 Å². The van der Waals surface area contributed by atoms with Gasteiger partial charge in [-0.1, -0.05) is 12.1 Å². The first-order chi connectivity index (χ1) is 7.59. The van der Waals surface area contributed by atoms with Crippen LogP contribution in [0.3, 0.4) is 0 Å². The average Bonchev–Trinajstić information content (AvgIpc) is 2.15. The highest BCUT2D eigenvalue weighted by molar-refractivity contribution is 14.1. The topological polar surface area (TPSA) is 23.6 Å². The summed E-state index contributed by atoms with van der Waals surface area (Å²) >= 11 is 2.21. The fourth-order valence-corrected chi connectivity index (χ4v) is 2.37. The maximum absolute atomic E-state index is 12.1. The highest BCUT2D eigenvalue weighted by Crippen LogP contribution is 2.19. The molecule has 86 valence electrons. The number of rotatable bonds is 2. The van der Waals surface area contributed by atoms with Crippen molar-refractivity contribution in [1.29, 1.82) is 0 Å². The molecule has 16 heavy (non-hydrogen) atoms. The summed E-state index contributed by atoms with van der Waals surface area (Å²) in [6.45, 7) is 1.69. The largest absolute Gasteiger partial charge is 0.335 e. The molecule has 0 aromatic heterocycles. The molecule has 0 N–H and O–H groups in total. The van der Waals surface area contributed by atoms with Crippen LogP contribution in [0.4, 0.5) is 0 Å². The molecule has 4 heteroatoms. The fourth-order valence-electron chi connectivity index (χ4n) is 1.75. The van der Waals surface area contributed by atoms with E-state index in [2.05, 4.69) is 41.6 Å². The first kappa shape index (κ1) is 11.9. The third kappa shape index (κ3) is 2.22. The van der Waals surface area contributed by atoms with Gasteiger partial charge < -0.3 is 9.80 Å². The van der Waals surface area contributed by atoms with Gasteiger partial charge in [0.2, 0.25) is 0 Å². The van der Waals surface area contributed by atoms with Gasteiger partial charge in [-0.3, -0.25) is 4.79 Å². The van der Waals surface area contributed by atoms with Crippen LogP contribution < -0.4 is 0 Å². The van der Waals surface area contributed by atoms with Crippen molar-refractivity contribution < 1.29 is 4.79 Å². The Hall–Kier alpha value is -0.620. The first-order valence-corrected chi connectivity index (χ1v) is 6.37. The lowest BCUT2D eigenvalue weighted by Crippen LogP contribution is -2.59. The van der Waals surface area contributed by atoms with Crippen LogP contribution >= 0.6 is 22.6 Å². The number of nitrogens with zero attached hydrogens (tertiary/aromatic N) is 2. The number of halogens is 1. The molecular weight excluding hydrogens is 315 g/mol. The summed E-state index contributed by atoms with van der Waals surface area (Å²) in [5.74, 6) is 0.156. The van der Waals surface area contributed by atoms with E-state index in [9.17, 15) is 4.79 Å². The molecule has 1 aliphatic heterocycles. The normalized spacial score (nSPS) is 16.4. The number of amides is 1. The molecule has 0 saturated carbocycles. The van der Waals surface area contributed by atoms with E-state index in [1.165, 1.54) is 0 Å². The van der Waals surface area contributed by atoms with Gasteiger partial charge in [-0.15, -0.1) is 0 Å². The third-order valence-electron chi connectivity index (χ3n) is 2.98. The van der Waals surface area contributed by atoms with E-state index in [-0.39, 0.29) is 5.91 Å². The van der Waals surface area contributed by atoms with Gasteiger partial charge in [0.15, 0.2) is 0 Å². The van der Waals surface area contributed by atoms with Gasteiger partial charge in [0, 0.05) is 22.7 Å². The lowest BCUT2D eigenvalue weighted by atomic mass is 10.1. The van der Waals surface area contributed by atoms with Gasteiger partial charge in [0.25, 0.3) is 5.91 Å². The lowest BCUT2D eigenvalue weighted by molar-refractivity contribution is 0.0398. The first-order valence-electron chi connectivity index (χ1n) is 5.30. The van der Waals surface area contributed by atoms with E-state index in [0.717, 1.165) is 22.2 Å². The van der Waals surface area contributed by atoms with Crippen molar-refractivity contribution in [2.24, 2.45) is 0 Å². The Kier molecular flexibility index (Phi) is 3.49. The second kappa shape index (κ2) is 4.71. The molecule has 1 saturated heterocycles. The van der Waals surface area contributed by atoms with Gasteiger partial charge in [0.1, 0.15) is 0 Å². The van der Waals surface area contributed by atoms with Crippen molar-refractivity contribution in [1.82, 2.24) is 9.80 Å². The Bertz CT molecular complexity index is 400. The average molecular weight is 330 g/mol. The molecule has 0 spiro atoms. The van der Waals surface area contributed by atoms with Gasteiger partial charge in [-0.05, 0) is 48.8 Å². The minimum atomic E-state index is 0.156. The second-order valence-corrected chi connectivity index (χ2v) is 5.47. The highest BCUT2D eigenvalue weighted by Gasteiger charge is 2.32. The van der Waals surface area contributed by atoms with Crippen LogP contribution in [0.25, 0.3) is 0 Å². The SMILES string of the molecule is CN(C)C1CN(C(=O)c2ccccc2I)C1. The number of hydrogen-bond acceptors (Lipinski definition) is 2. The number of hydrogen-bond donors (Lipinski definition) is 0. The van der Waals surface area contributed by atoms with Gasteiger partial charge in [-0.25, -0.2) is 0 Å². The zero-order chi connectivity index (χ0) is 11.7. The summed E-state index contributed by atoms with van der Waals surface area (Å²) in [5.41, 5.74) is 0.820. The summed E-state index contributed by atoms with van der Waals surface area (Å²) < 4.78 is 1.03. The molecule has 0 atom stereocenters. The summed E-state index contributed by atoms with van der Waals surface area (Å²) in [7, 11) is 4.11. The Morgan fingerprint density at radius 2 is 2.00 bits per heavy atom. The Morgan fingerprint density at radius 1 is 1.38 bits per heavy atom. The van der Waals surface area contributed by atoms with Gasteiger partial charge >= 0.3 is 0 Å². The Balaban J connectivity index is 2.03. The van der Waals surface area contributed by atoms with E-state index in [1.54, 1.807) is 0 Å². The predicted octanol–water partition coefficient (Wildman–Crippen LogP) is 1.68. The predicted molar refractivity (Wildman–Crippen MR) is 72.5 cm³/mol. The molecule has 1 aromatic rings. The zero-order valence-electron chi connectivity index (χ0n) is 9.48. The second-order valence-electron chi connectivity index (χ2n) is 4.31. The standard InChI is InChI=1S/C12H15IN2O/c1-14(2)9-7-15(8-9)12(16)10-5-3-4-6-11(10)13/h3-6,9H,7-8H2,1-2H3. The summed E-state index contributed by atoms with van der Waals surface area (Å²) in [4.78, 5) is 16.2. The molecule has 3 nitrogen and oxygen atoms in total. The van der Waals surface area contributed by atoms with Crippen LogP contribution in [-0.2, 0) is 0 Å². The number of carbonyl (C=O) groups excluding carboxylic acids is 1. The molecule has 2 rings (SSSR count). The molecule has 1 amide bonds. The zero-order valence-corrected chi connectivity index (χ0v) is 11.6. The molecule has 1 heterocycles. The molecule has 1 aromatic carbocycles. The summed E-state index contributed by atoms with van der Waals surface area (Å²) in [6.07, 6.45) is 0. The van der Waals surface area contributed by atoms with Crippen molar-refractivity contribution >= 4 is 28.5 Å². The van der Waals surface area contributed by atoms with Crippen molar-refractivity contribution in [3.05, 3.63) is 33.4 Å². The van der Waals surface area contributed by atoms with Crippen LogP contribution in [0.15, 0.2) is 24.3 Å². The van der Waals surface area contributed by atoms with E-state index in [1.807, 2.05) is 29.2 Å². The molecule has 1 fully saturated rings. The minimum Gasteiger partial charge on any atom is -0.335 e. The molecule has 0 radical (unpaired) electrons. The van der Waals surface area contributed by atoms with Crippen LogP contribution in [0.5, 0.6) is 0 Å². The maximum atomic E-state index is 12.1. The van der Waals surface area contributed by atoms with Gasteiger partial charge in [0.05, 0.1) is 5.56 Å². The van der Waals surface area contributed by atoms with Crippen molar-refractivity contribution in [2.75, 3.05) is 27.2 Å². The minimum absolute atomic E-state index is 0.156. The van der Waals surface area contributed by atoms with Crippen molar-refractivity contribution in [2.45, 2.75) is 6.04 Å². The Labute approximate surface area is 110 Å². The van der Waals surface area contributed by atoms with E-state index in [4.69, 9.17) is 0 Å². The van der Waals surface area contributed by atoms with E-state index < -0.39 is 0 Å². The van der Waals surface area contributed by atoms with E-state index in [0.29, 0.717) is 6.04 Å². The molecule has 1 aliphatic rings. The molecule has 0 aliphatic carbocycles. The third-order valence-corrected chi connectivity index (χ3v) is 3.92. The van der Waals surface area contributed by atoms with Crippen LogP contribution in [0, 0.1) is 3.57 Å². The van der Waals surface area contributed by atoms with E-state index >= 15 is 0 Å². The van der Waals surface area contributed by atoms with Crippen molar-refractivity contribution in [3.8, 4) is 0 Å². The van der Waals surface area contributed by atoms with Gasteiger partial charge in [-0.2, -0.15) is 0 Å². The smallest absolute Gasteiger partial charge is 0.255 e. The van der Waals surface area contributed by atoms with Crippen LogP contribution in [0.1, 0.15) is 10.4 Å². The quantitative estimate of drug-likeness (QED) is 0.771. The monoisotopic (exact) mass is 330 g/mol. The number of likely N-dealkylation sites (N-methyl/N-ethyl adjacent to an activating group) is 1. The molecular formula is C12H15IN2O. The summed E-state index contributed by atoms with van der Waals surface area (Å²) in [5, 5.41) is 0. The molecule has 0 bridgehead atoms. The Morgan fingerprint density at radius 3 is 2.56 bits per heavy atom. The number of benzene rings is 1. The van der Waals surface area contributed by atoms with Crippen LogP contribution in [-0.4, -0.2) is 48.9 Å². The van der Waals surface area contributed by atoms with Crippen molar-refractivity contribution in [3.63, 3.8) is 0 Å². The maximum Gasteiger partial charge on any atom is 0.255 e.